The predicted molar refractivity (Wildman–Crippen MR) is 110 cm³/mol. The lowest BCUT2D eigenvalue weighted by molar-refractivity contribution is -0.148. The number of benzene rings is 3. The Bertz CT molecular complexity index is 1130. The second kappa shape index (κ2) is 9.17. The van der Waals surface area contributed by atoms with Crippen molar-refractivity contribution in [1.82, 2.24) is 0 Å². The number of methoxy groups -OCH3 is 1. The summed E-state index contributed by atoms with van der Waals surface area (Å²) in [6.45, 7) is 1.35. The Morgan fingerprint density at radius 2 is 1.73 bits per heavy atom. The number of carbonyl (C=O) groups is 2. The van der Waals surface area contributed by atoms with E-state index in [1.807, 2.05) is 36.4 Å². The van der Waals surface area contributed by atoms with Crippen LogP contribution in [0.25, 0.3) is 16.8 Å². The summed E-state index contributed by atoms with van der Waals surface area (Å²) in [6, 6.07) is 14.0. The summed E-state index contributed by atoms with van der Waals surface area (Å²) in [4.78, 5) is 24.1. The van der Waals surface area contributed by atoms with Gasteiger partial charge < -0.3 is 14.8 Å². The lowest BCUT2D eigenvalue weighted by Crippen LogP contribution is -2.29. The smallest absolute Gasteiger partial charge is 0.331 e. The molecule has 0 heterocycles. The Balaban J connectivity index is 1.60. The van der Waals surface area contributed by atoms with Crippen molar-refractivity contribution in [2.24, 2.45) is 0 Å². The minimum atomic E-state index is -1.17. The first-order valence-electron chi connectivity index (χ1n) is 9.08. The number of hydrogen-bond donors (Lipinski definition) is 1. The highest BCUT2D eigenvalue weighted by atomic mass is 19.1. The van der Waals surface area contributed by atoms with E-state index >= 15 is 0 Å². The average Bonchev–Trinajstić information content (AvgIpc) is 2.73. The number of fused-ring (bicyclic) bond motifs is 1. The molecule has 1 amide bonds. The molecule has 0 aromatic heterocycles. The van der Waals surface area contributed by atoms with Crippen molar-refractivity contribution in [3.05, 3.63) is 77.9 Å². The fourth-order valence-corrected chi connectivity index (χ4v) is 2.73. The lowest BCUT2D eigenvalue weighted by Gasteiger charge is -2.12. The molecule has 5 nitrogen and oxygen atoms in total. The minimum absolute atomic E-state index is 0.201. The first-order chi connectivity index (χ1) is 14.4. The van der Waals surface area contributed by atoms with Gasteiger partial charge in [0.1, 0.15) is 17.4 Å². The van der Waals surface area contributed by atoms with Crippen LogP contribution in [0.1, 0.15) is 12.5 Å². The molecule has 0 saturated heterocycles. The molecule has 0 spiro atoms. The number of ether oxygens (including phenoxy) is 2. The Hall–Kier alpha value is -3.74. The normalized spacial score (nSPS) is 12.0. The molecule has 154 valence electrons. The third-order valence-corrected chi connectivity index (χ3v) is 4.33. The van der Waals surface area contributed by atoms with Gasteiger partial charge in [0, 0.05) is 12.1 Å². The Labute approximate surface area is 171 Å². The maximum atomic E-state index is 13.6. The number of hydrogen-bond acceptors (Lipinski definition) is 4. The van der Waals surface area contributed by atoms with Gasteiger partial charge in [0.05, 0.1) is 12.8 Å². The van der Waals surface area contributed by atoms with Crippen LogP contribution < -0.4 is 10.1 Å². The number of anilines is 1. The SMILES string of the molecule is COc1ccc2cc(/C=C/C(=O)O[C@@H](C)C(=O)Nc3ccc(F)cc3F)ccc2c1. The number of esters is 1. The van der Waals surface area contributed by atoms with Gasteiger partial charge in [-0.15, -0.1) is 0 Å². The number of rotatable bonds is 6. The molecule has 0 fully saturated rings. The largest absolute Gasteiger partial charge is 0.497 e. The molecule has 1 N–H and O–H groups in total. The monoisotopic (exact) mass is 411 g/mol. The summed E-state index contributed by atoms with van der Waals surface area (Å²) < 4.78 is 36.8. The highest BCUT2D eigenvalue weighted by molar-refractivity contribution is 5.97. The summed E-state index contributed by atoms with van der Waals surface area (Å²) in [7, 11) is 1.60. The number of nitrogens with one attached hydrogen (secondary N) is 1. The molecule has 3 aromatic carbocycles. The van der Waals surface area contributed by atoms with E-state index in [0.29, 0.717) is 6.07 Å². The maximum Gasteiger partial charge on any atom is 0.331 e. The van der Waals surface area contributed by atoms with Crippen LogP contribution in [0.3, 0.4) is 0 Å². The van der Waals surface area contributed by atoms with Gasteiger partial charge in [-0.2, -0.15) is 0 Å². The summed E-state index contributed by atoms with van der Waals surface area (Å²) in [5.41, 5.74) is 0.572. The topological polar surface area (TPSA) is 64.6 Å². The van der Waals surface area contributed by atoms with Crippen molar-refractivity contribution in [2.45, 2.75) is 13.0 Å². The van der Waals surface area contributed by atoms with E-state index in [0.717, 1.165) is 34.2 Å². The summed E-state index contributed by atoms with van der Waals surface area (Å²) in [5, 5.41) is 4.22. The van der Waals surface area contributed by atoms with Crippen molar-refractivity contribution < 1.29 is 27.8 Å². The molecular weight excluding hydrogens is 392 g/mol. The van der Waals surface area contributed by atoms with Gasteiger partial charge in [-0.25, -0.2) is 13.6 Å². The van der Waals surface area contributed by atoms with Crippen molar-refractivity contribution in [1.29, 1.82) is 0 Å². The van der Waals surface area contributed by atoms with Gasteiger partial charge in [0.15, 0.2) is 6.10 Å². The molecule has 0 unspecified atom stereocenters. The Morgan fingerprint density at radius 1 is 1.00 bits per heavy atom. The van der Waals surface area contributed by atoms with Crippen LogP contribution in [0.4, 0.5) is 14.5 Å². The standard InChI is InChI=1S/C23H19F2NO4/c1-14(23(28)26-21-9-7-18(24)13-20(21)25)30-22(27)10-4-15-3-5-17-12-19(29-2)8-6-16(17)11-15/h3-14H,1-2H3,(H,26,28)/b10-4+/t14-/m0/s1. The van der Waals surface area contributed by atoms with Crippen molar-refractivity contribution in [3.8, 4) is 5.75 Å². The molecule has 0 bridgehead atoms. The van der Waals surface area contributed by atoms with E-state index in [1.54, 1.807) is 13.2 Å². The van der Waals surface area contributed by atoms with E-state index < -0.39 is 29.6 Å². The predicted octanol–water partition coefficient (Wildman–Crippen LogP) is 4.71. The van der Waals surface area contributed by atoms with Gasteiger partial charge in [0.25, 0.3) is 5.91 Å². The van der Waals surface area contributed by atoms with Crippen LogP contribution in [0.15, 0.2) is 60.7 Å². The van der Waals surface area contributed by atoms with Crippen LogP contribution in [-0.4, -0.2) is 25.1 Å². The van der Waals surface area contributed by atoms with E-state index in [4.69, 9.17) is 9.47 Å². The van der Waals surface area contributed by atoms with Crippen LogP contribution in [0.5, 0.6) is 5.75 Å². The number of carbonyl (C=O) groups excluding carboxylic acids is 2. The van der Waals surface area contributed by atoms with E-state index in [2.05, 4.69) is 5.32 Å². The zero-order chi connectivity index (χ0) is 21.7. The molecule has 0 radical (unpaired) electrons. The molecule has 0 aliphatic heterocycles. The van der Waals surface area contributed by atoms with Crippen LogP contribution in [0.2, 0.25) is 0 Å². The third-order valence-electron chi connectivity index (χ3n) is 4.33. The van der Waals surface area contributed by atoms with Crippen molar-refractivity contribution in [2.75, 3.05) is 12.4 Å². The third kappa shape index (κ3) is 5.20. The minimum Gasteiger partial charge on any atom is -0.497 e. The molecular formula is C23H19F2NO4. The van der Waals surface area contributed by atoms with Gasteiger partial charge in [-0.05, 0) is 59.7 Å². The van der Waals surface area contributed by atoms with Gasteiger partial charge in [-0.1, -0.05) is 18.2 Å². The van der Waals surface area contributed by atoms with Crippen molar-refractivity contribution >= 4 is 34.4 Å². The number of amides is 1. The van der Waals surface area contributed by atoms with Gasteiger partial charge >= 0.3 is 5.97 Å². The van der Waals surface area contributed by atoms with E-state index in [1.165, 1.54) is 13.0 Å². The maximum absolute atomic E-state index is 13.6. The first-order valence-corrected chi connectivity index (χ1v) is 9.08. The van der Waals surface area contributed by atoms with Crippen LogP contribution in [0, 0.1) is 11.6 Å². The van der Waals surface area contributed by atoms with Gasteiger partial charge in [-0.3, -0.25) is 4.79 Å². The zero-order valence-corrected chi connectivity index (χ0v) is 16.3. The van der Waals surface area contributed by atoms with E-state index in [-0.39, 0.29) is 5.69 Å². The second-order valence-corrected chi connectivity index (χ2v) is 6.50. The molecule has 30 heavy (non-hydrogen) atoms. The summed E-state index contributed by atoms with van der Waals surface area (Å²) in [5.74, 6) is -2.39. The fourth-order valence-electron chi connectivity index (χ4n) is 2.73. The molecule has 0 saturated carbocycles. The second-order valence-electron chi connectivity index (χ2n) is 6.50. The summed E-state index contributed by atoms with van der Waals surface area (Å²) in [6.07, 6.45) is 1.60. The van der Waals surface area contributed by atoms with Crippen LogP contribution in [-0.2, 0) is 14.3 Å². The molecule has 3 aromatic rings. The van der Waals surface area contributed by atoms with Crippen molar-refractivity contribution in [3.63, 3.8) is 0 Å². The highest BCUT2D eigenvalue weighted by Gasteiger charge is 2.18. The quantitative estimate of drug-likeness (QED) is 0.471. The van der Waals surface area contributed by atoms with E-state index in [9.17, 15) is 18.4 Å². The molecule has 0 aliphatic carbocycles. The number of halogens is 2. The highest BCUT2D eigenvalue weighted by Crippen LogP contribution is 2.22. The lowest BCUT2D eigenvalue weighted by atomic mass is 10.1. The molecule has 0 aliphatic rings. The van der Waals surface area contributed by atoms with Crippen LogP contribution >= 0.6 is 0 Å². The molecule has 3 rings (SSSR count). The average molecular weight is 411 g/mol. The molecule has 1 atom stereocenters. The fraction of sp³-hybridized carbons (Fsp3) is 0.130. The molecule has 7 heteroatoms. The Kier molecular flexibility index (Phi) is 6.41. The van der Waals surface area contributed by atoms with Gasteiger partial charge in [0.2, 0.25) is 0 Å². The Morgan fingerprint density at radius 3 is 2.47 bits per heavy atom. The summed E-state index contributed by atoms with van der Waals surface area (Å²) >= 11 is 0. The first kappa shape index (κ1) is 21.0. The zero-order valence-electron chi connectivity index (χ0n) is 16.3.